The van der Waals surface area contributed by atoms with Crippen LogP contribution in [0.2, 0.25) is 0 Å². The highest BCUT2D eigenvalue weighted by molar-refractivity contribution is 5.86. The Bertz CT molecular complexity index is 548. The monoisotopic (exact) mass is 233 g/mol. The van der Waals surface area contributed by atoms with Gasteiger partial charge in [-0.2, -0.15) is 0 Å². The number of likely N-dealkylation sites (N-methyl/N-ethyl adjacent to an activating group) is 1. The molecule has 0 fully saturated rings. The van der Waals surface area contributed by atoms with Gasteiger partial charge in [0.25, 0.3) is 0 Å². The zero-order valence-electron chi connectivity index (χ0n) is 9.53. The lowest BCUT2D eigenvalue weighted by Gasteiger charge is -2.08. The van der Waals surface area contributed by atoms with Crippen molar-refractivity contribution in [1.29, 1.82) is 0 Å². The molecule has 0 aliphatic carbocycles. The lowest BCUT2D eigenvalue weighted by molar-refractivity contribution is -0.121. The van der Waals surface area contributed by atoms with Crippen molar-refractivity contribution in [3.63, 3.8) is 0 Å². The van der Waals surface area contributed by atoms with Crippen LogP contribution in [0.1, 0.15) is 5.56 Å². The number of nitrogens with one attached hydrogen (secondary N) is 2. The van der Waals surface area contributed by atoms with Crippen molar-refractivity contribution in [2.24, 2.45) is 5.73 Å². The fourth-order valence-electron chi connectivity index (χ4n) is 1.85. The van der Waals surface area contributed by atoms with Crippen LogP contribution in [0.3, 0.4) is 0 Å². The Balaban J connectivity index is 2.30. The Morgan fingerprint density at radius 2 is 2.35 bits per heavy atom. The smallest absolute Gasteiger partial charge is 0.237 e. The number of phenolic OH excluding ortho intramolecular Hbond substituents is 1. The molecule has 0 saturated carbocycles. The van der Waals surface area contributed by atoms with Gasteiger partial charge in [0, 0.05) is 24.1 Å². The molecule has 5 N–H and O–H groups in total. The summed E-state index contributed by atoms with van der Waals surface area (Å²) in [7, 11) is 1.56. The topological polar surface area (TPSA) is 91.1 Å². The SMILES string of the molecule is CNC(=O)C(N)Cc1c[nH]c2ccc(O)cc12. The molecule has 0 spiro atoms. The first-order valence-electron chi connectivity index (χ1n) is 5.38. The number of aromatic nitrogens is 1. The number of H-pyrrole nitrogens is 1. The molecular formula is C12H15N3O2. The number of benzene rings is 1. The number of aromatic hydroxyl groups is 1. The van der Waals surface area contributed by atoms with E-state index in [4.69, 9.17) is 5.73 Å². The molecule has 1 unspecified atom stereocenters. The normalized spacial score (nSPS) is 12.6. The Hall–Kier alpha value is -2.01. The average molecular weight is 233 g/mol. The van der Waals surface area contributed by atoms with E-state index in [0.717, 1.165) is 16.5 Å². The summed E-state index contributed by atoms with van der Waals surface area (Å²) in [6.45, 7) is 0. The van der Waals surface area contributed by atoms with Gasteiger partial charge < -0.3 is 21.1 Å². The zero-order valence-corrected chi connectivity index (χ0v) is 9.53. The van der Waals surface area contributed by atoms with Gasteiger partial charge in [-0.25, -0.2) is 0 Å². The summed E-state index contributed by atoms with van der Waals surface area (Å²) in [5, 5.41) is 12.8. The number of carbonyl (C=O) groups is 1. The molecule has 5 nitrogen and oxygen atoms in total. The minimum Gasteiger partial charge on any atom is -0.508 e. The van der Waals surface area contributed by atoms with Crippen LogP contribution in [0.5, 0.6) is 5.75 Å². The molecule has 1 aromatic heterocycles. The van der Waals surface area contributed by atoms with E-state index in [-0.39, 0.29) is 11.7 Å². The summed E-state index contributed by atoms with van der Waals surface area (Å²) in [6.07, 6.45) is 2.25. The lowest BCUT2D eigenvalue weighted by Crippen LogP contribution is -2.40. The highest BCUT2D eigenvalue weighted by Gasteiger charge is 2.14. The summed E-state index contributed by atoms with van der Waals surface area (Å²) in [6, 6.07) is 4.49. The van der Waals surface area contributed by atoms with Gasteiger partial charge in [0.2, 0.25) is 5.91 Å². The molecule has 2 rings (SSSR count). The number of hydrogen-bond donors (Lipinski definition) is 4. The van der Waals surface area contributed by atoms with E-state index in [1.54, 1.807) is 25.2 Å². The Kier molecular flexibility index (Phi) is 3.01. The fraction of sp³-hybridized carbons (Fsp3) is 0.250. The highest BCUT2D eigenvalue weighted by atomic mass is 16.3. The number of phenols is 1. The molecule has 0 radical (unpaired) electrons. The molecule has 2 aromatic rings. The molecule has 1 aromatic carbocycles. The Labute approximate surface area is 98.6 Å². The van der Waals surface area contributed by atoms with Crippen molar-refractivity contribution < 1.29 is 9.90 Å². The van der Waals surface area contributed by atoms with Crippen molar-refractivity contribution >= 4 is 16.8 Å². The summed E-state index contributed by atoms with van der Waals surface area (Å²) in [5.74, 6) is 0.00590. The Morgan fingerprint density at radius 1 is 1.59 bits per heavy atom. The third-order valence-corrected chi connectivity index (χ3v) is 2.77. The maximum Gasteiger partial charge on any atom is 0.237 e. The van der Waals surface area contributed by atoms with E-state index in [1.807, 2.05) is 6.20 Å². The molecule has 1 heterocycles. The van der Waals surface area contributed by atoms with Crippen LogP contribution in [-0.2, 0) is 11.2 Å². The molecule has 0 aliphatic heterocycles. The van der Waals surface area contributed by atoms with E-state index in [1.165, 1.54) is 0 Å². The van der Waals surface area contributed by atoms with E-state index in [2.05, 4.69) is 10.3 Å². The van der Waals surface area contributed by atoms with E-state index >= 15 is 0 Å². The van der Waals surface area contributed by atoms with Crippen molar-refractivity contribution in [1.82, 2.24) is 10.3 Å². The van der Waals surface area contributed by atoms with E-state index in [0.29, 0.717) is 6.42 Å². The molecule has 1 atom stereocenters. The first-order valence-corrected chi connectivity index (χ1v) is 5.38. The van der Waals surface area contributed by atoms with Crippen LogP contribution in [-0.4, -0.2) is 29.1 Å². The summed E-state index contributed by atoms with van der Waals surface area (Å²) in [4.78, 5) is 14.4. The maximum atomic E-state index is 11.3. The number of amides is 1. The minimum atomic E-state index is -0.582. The predicted octanol–water partition coefficient (Wildman–Crippen LogP) is 0.489. The maximum absolute atomic E-state index is 11.3. The summed E-state index contributed by atoms with van der Waals surface area (Å²) < 4.78 is 0. The van der Waals surface area contributed by atoms with Gasteiger partial charge in [0.1, 0.15) is 5.75 Å². The number of nitrogens with two attached hydrogens (primary N) is 1. The zero-order chi connectivity index (χ0) is 12.4. The van der Waals surface area contributed by atoms with Crippen LogP contribution in [0, 0.1) is 0 Å². The van der Waals surface area contributed by atoms with Crippen molar-refractivity contribution in [2.45, 2.75) is 12.5 Å². The second-order valence-corrected chi connectivity index (χ2v) is 3.97. The van der Waals surface area contributed by atoms with Crippen LogP contribution < -0.4 is 11.1 Å². The van der Waals surface area contributed by atoms with Crippen LogP contribution in [0.25, 0.3) is 10.9 Å². The standard InChI is InChI=1S/C12H15N3O2/c1-14-12(17)10(13)4-7-6-15-11-3-2-8(16)5-9(7)11/h2-3,5-6,10,15-16H,4,13H2,1H3,(H,14,17). The molecule has 0 bridgehead atoms. The number of hydrogen-bond acceptors (Lipinski definition) is 3. The molecule has 5 heteroatoms. The van der Waals surface area contributed by atoms with Crippen molar-refractivity contribution in [3.8, 4) is 5.75 Å². The first kappa shape index (κ1) is 11.5. The molecule has 90 valence electrons. The molecule has 0 aliphatic rings. The third kappa shape index (κ3) is 2.24. The minimum absolute atomic E-state index is 0.195. The number of rotatable bonds is 3. The largest absolute Gasteiger partial charge is 0.508 e. The third-order valence-electron chi connectivity index (χ3n) is 2.77. The van der Waals surface area contributed by atoms with Crippen LogP contribution in [0.4, 0.5) is 0 Å². The highest BCUT2D eigenvalue weighted by Crippen LogP contribution is 2.23. The second-order valence-electron chi connectivity index (χ2n) is 3.97. The Morgan fingerprint density at radius 3 is 3.06 bits per heavy atom. The molecule has 17 heavy (non-hydrogen) atoms. The average Bonchev–Trinajstić information content (AvgIpc) is 2.71. The van der Waals surface area contributed by atoms with Gasteiger partial charge in [-0.3, -0.25) is 4.79 Å². The van der Waals surface area contributed by atoms with E-state index < -0.39 is 6.04 Å². The van der Waals surface area contributed by atoms with Gasteiger partial charge >= 0.3 is 0 Å². The second kappa shape index (κ2) is 4.47. The number of carbonyl (C=O) groups excluding carboxylic acids is 1. The fourth-order valence-corrected chi connectivity index (χ4v) is 1.85. The predicted molar refractivity (Wildman–Crippen MR) is 65.7 cm³/mol. The lowest BCUT2D eigenvalue weighted by atomic mass is 10.0. The van der Waals surface area contributed by atoms with Crippen molar-refractivity contribution in [3.05, 3.63) is 30.0 Å². The van der Waals surface area contributed by atoms with Gasteiger partial charge in [0.15, 0.2) is 0 Å². The quantitative estimate of drug-likeness (QED) is 0.621. The summed E-state index contributed by atoms with van der Waals surface area (Å²) in [5.41, 5.74) is 7.60. The van der Waals surface area contributed by atoms with Crippen molar-refractivity contribution in [2.75, 3.05) is 7.05 Å². The molecular weight excluding hydrogens is 218 g/mol. The molecule has 0 saturated heterocycles. The summed E-state index contributed by atoms with van der Waals surface area (Å²) >= 11 is 0. The van der Waals surface area contributed by atoms with Gasteiger partial charge in [0.05, 0.1) is 6.04 Å². The van der Waals surface area contributed by atoms with Gasteiger partial charge in [-0.15, -0.1) is 0 Å². The number of aromatic amines is 1. The number of fused-ring (bicyclic) bond motifs is 1. The van der Waals surface area contributed by atoms with E-state index in [9.17, 15) is 9.90 Å². The first-order chi connectivity index (χ1) is 8.11. The van der Waals surface area contributed by atoms with Gasteiger partial charge in [-0.05, 0) is 30.2 Å². The van der Waals surface area contributed by atoms with Gasteiger partial charge in [-0.1, -0.05) is 0 Å². The van der Waals surface area contributed by atoms with Crippen LogP contribution >= 0.6 is 0 Å². The molecule has 1 amide bonds. The van der Waals surface area contributed by atoms with Crippen LogP contribution in [0.15, 0.2) is 24.4 Å².